The van der Waals surface area contributed by atoms with Crippen LogP contribution in [0.4, 0.5) is 15.8 Å². The lowest BCUT2D eigenvalue weighted by atomic mass is 10.1. The molecule has 0 spiro atoms. The number of carbonyl (C=O) groups excluding carboxylic acids is 2. The predicted octanol–water partition coefficient (Wildman–Crippen LogP) is 3.89. The Kier molecular flexibility index (Phi) is 6.22. The highest BCUT2D eigenvalue weighted by molar-refractivity contribution is 6.11. The summed E-state index contributed by atoms with van der Waals surface area (Å²) in [5.41, 5.74) is 7.91. The number of amides is 1. The van der Waals surface area contributed by atoms with Gasteiger partial charge in [-0.05, 0) is 42.5 Å². The number of hydrogen-bond acceptors (Lipinski definition) is 4. The van der Waals surface area contributed by atoms with E-state index in [1.807, 2.05) is 6.07 Å². The molecule has 0 fully saturated rings. The average Bonchev–Trinajstić information content (AvgIpc) is 2.75. The smallest absolute Gasteiger partial charge is 0.232 e. The molecule has 5 nitrogen and oxygen atoms in total. The second-order valence-corrected chi connectivity index (χ2v) is 6.37. The summed E-state index contributed by atoms with van der Waals surface area (Å²) in [6.07, 6.45) is -0.403. The van der Waals surface area contributed by atoms with Crippen molar-refractivity contribution in [1.29, 1.82) is 5.26 Å². The zero-order valence-electron chi connectivity index (χ0n) is 15.8. The van der Waals surface area contributed by atoms with Crippen LogP contribution in [0.3, 0.4) is 0 Å². The number of benzene rings is 3. The number of carbonyl (C=O) groups is 2. The Morgan fingerprint density at radius 3 is 2.53 bits per heavy atom. The number of nitriles is 1. The summed E-state index contributed by atoms with van der Waals surface area (Å²) in [5, 5.41) is 11.5. The molecule has 0 aliphatic rings. The second-order valence-electron chi connectivity index (χ2n) is 6.37. The van der Waals surface area contributed by atoms with Gasteiger partial charge in [-0.2, -0.15) is 5.26 Å². The Hall–Kier alpha value is -4.42. The van der Waals surface area contributed by atoms with Crippen LogP contribution in [-0.2, 0) is 4.79 Å². The van der Waals surface area contributed by atoms with E-state index in [9.17, 15) is 14.0 Å². The quantitative estimate of drug-likeness (QED) is 0.302. The number of nitrogens with zero attached hydrogens (tertiary/aromatic N) is 1. The summed E-state index contributed by atoms with van der Waals surface area (Å²) in [5.74, 6) is 4.17. The van der Waals surface area contributed by atoms with Crippen LogP contribution in [0.1, 0.15) is 33.5 Å². The van der Waals surface area contributed by atoms with E-state index < -0.39 is 23.9 Å². The van der Waals surface area contributed by atoms with Crippen LogP contribution in [0, 0.1) is 29.0 Å². The van der Waals surface area contributed by atoms with Crippen molar-refractivity contribution in [3.63, 3.8) is 0 Å². The summed E-state index contributed by atoms with van der Waals surface area (Å²) in [4.78, 5) is 24.6. The van der Waals surface area contributed by atoms with E-state index in [-0.39, 0.29) is 11.1 Å². The number of nitrogens with one attached hydrogen (secondary N) is 1. The number of anilines is 2. The van der Waals surface area contributed by atoms with E-state index in [0.717, 1.165) is 0 Å². The third kappa shape index (κ3) is 5.09. The number of nitrogens with two attached hydrogens (primary N) is 1. The number of halogens is 1. The molecule has 6 heteroatoms. The van der Waals surface area contributed by atoms with Crippen LogP contribution in [0.2, 0.25) is 0 Å². The summed E-state index contributed by atoms with van der Waals surface area (Å²) in [7, 11) is 0. The van der Waals surface area contributed by atoms with Gasteiger partial charge in [-0.15, -0.1) is 0 Å². The first-order valence-electron chi connectivity index (χ1n) is 8.95. The fourth-order valence-electron chi connectivity index (χ4n) is 2.65. The maximum atomic E-state index is 13.7. The molecule has 3 rings (SSSR count). The Bertz CT molecular complexity index is 1230. The van der Waals surface area contributed by atoms with Gasteiger partial charge < -0.3 is 11.1 Å². The molecule has 3 aromatic rings. The number of ketones is 1. The number of rotatable bonds is 4. The van der Waals surface area contributed by atoms with Gasteiger partial charge in [0, 0.05) is 11.1 Å². The van der Waals surface area contributed by atoms with Crippen LogP contribution < -0.4 is 11.1 Å². The molecular formula is C24H16FN3O2. The third-order valence-corrected chi connectivity index (χ3v) is 4.18. The van der Waals surface area contributed by atoms with Gasteiger partial charge in [0.1, 0.15) is 5.82 Å². The predicted molar refractivity (Wildman–Crippen MR) is 112 cm³/mol. The van der Waals surface area contributed by atoms with Gasteiger partial charge in [-0.3, -0.25) is 9.59 Å². The lowest BCUT2D eigenvalue weighted by Gasteiger charge is -2.08. The molecule has 0 atom stereocenters. The Morgan fingerprint density at radius 2 is 1.77 bits per heavy atom. The van der Waals surface area contributed by atoms with E-state index >= 15 is 0 Å². The normalized spacial score (nSPS) is 9.73. The van der Waals surface area contributed by atoms with Crippen molar-refractivity contribution in [2.24, 2.45) is 0 Å². The van der Waals surface area contributed by atoms with Gasteiger partial charge in [0.2, 0.25) is 5.91 Å². The second kappa shape index (κ2) is 9.18. The molecular weight excluding hydrogens is 381 g/mol. The number of Topliss-reactive ketones (excluding diaryl/α,β-unsaturated/α-hetero) is 1. The van der Waals surface area contributed by atoms with Crippen molar-refractivity contribution >= 4 is 23.1 Å². The minimum absolute atomic E-state index is 0.255. The van der Waals surface area contributed by atoms with E-state index in [1.54, 1.807) is 54.6 Å². The highest BCUT2D eigenvalue weighted by atomic mass is 19.1. The van der Waals surface area contributed by atoms with E-state index in [2.05, 4.69) is 17.2 Å². The number of nitrogen functional groups attached to an aromatic ring is 1. The molecule has 1 amide bonds. The first-order valence-corrected chi connectivity index (χ1v) is 8.95. The average molecular weight is 397 g/mol. The van der Waals surface area contributed by atoms with Crippen molar-refractivity contribution in [2.75, 3.05) is 11.1 Å². The van der Waals surface area contributed by atoms with E-state index in [1.165, 1.54) is 12.1 Å². The molecule has 0 radical (unpaired) electrons. The maximum Gasteiger partial charge on any atom is 0.232 e. The standard InChI is InChI=1S/C24H16FN3O2/c25-20-7-2-1-5-18(20)10-8-16-9-11-21(27)22(13-16)28-24(30)14-23(29)19-6-3-4-17(12-19)15-26/h1-7,9,11-13H,14,27H2,(H,28,30). The largest absolute Gasteiger partial charge is 0.397 e. The molecule has 0 saturated heterocycles. The molecule has 3 N–H and O–H groups in total. The number of hydrogen-bond donors (Lipinski definition) is 2. The summed E-state index contributed by atoms with van der Waals surface area (Å²) in [6, 6.07) is 19.0. The van der Waals surface area contributed by atoms with Gasteiger partial charge in [-0.25, -0.2) is 4.39 Å². The molecule has 0 bridgehead atoms. The van der Waals surface area contributed by atoms with Crippen LogP contribution in [0.25, 0.3) is 0 Å². The van der Waals surface area contributed by atoms with Crippen LogP contribution in [0.5, 0.6) is 0 Å². The monoisotopic (exact) mass is 397 g/mol. The lowest BCUT2D eigenvalue weighted by molar-refractivity contribution is -0.115. The molecule has 0 unspecified atom stereocenters. The fraction of sp³-hybridized carbons (Fsp3) is 0.0417. The zero-order chi connectivity index (χ0) is 21.5. The Balaban J connectivity index is 1.73. The van der Waals surface area contributed by atoms with Crippen LogP contribution in [0.15, 0.2) is 66.7 Å². The SMILES string of the molecule is N#Cc1cccc(C(=O)CC(=O)Nc2cc(C#Cc3ccccc3F)ccc2N)c1. The molecule has 0 saturated carbocycles. The molecule has 3 aromatic carbocycles. The minimum Gasteiger partial charge on any atom is -0.397 e. The highest BCUT2D eigenvalue weighted by Crippen LogP contribution is 2.20. The summed E-state index contributed by atoms with van der Waals surface area (Å²) >= 11 is 0. The third-order valence-electron chi connectivity index (χ3n) is 4.18. The van der Waals surface area contributed by atoms with Crippen molar-refractivity contribution in [1.82, 2.24) is 0 Å². The van der Waals surface area contributed by atoms with Gasteiger partial charge in [-0.1, -0.05) is 36.1 Å². The van der Waals surface area contributed by atoms with Crippen molar-refractivity contribution in [3.8, 4) is 17.9 Å². The first-order chi connectivity index (χ1) is 14.5. The van der Waals surface area contributed by atoms with Gasteiger partial charge in [0.25, 0.3) is 0 Å². The molecule has 30 heavy (non-hydrogen) atoms. The topological polar surface area (TPSA) is 96.0 Å². The van der Waals surface area contributed by atoms with Crippen molar-refractivity contribution in [2.45, 2.75) is 6.42 Å². The van der Waals surface area contributed by atoms with Gasteiger partial charge >= 0.3 is 0 Å². The molecule has 0 aliphatic carbocycles. The minimum atomic E-state index is -0.548. The molecule has 0 aliphatic heterocycles. The van der Waals surface area contributed by atoms with E-state index in [0.29, 0.717) is 22.5 Å². The maximum absolute atomic E-state index is 13.7. The van der Waals surface area contributed by atoms with Crippen LogP contribution >= 0.6 is 0 Å². The summed E-state index contributed by atoms with van der Waals surface area (Å²) in [6.45, 7) is 0. The summed E-state index contributed by atoms with van der Waals surface area (Å²) < 4.78 is 13.7. The molecule has 0 heterocycles. The zero-order valence-corrected chi connectivity index (χ0v) is 15.8. The molecule has 146 valence electrons. The Labute approximate surface area is 173 Å². The fourth-order valence-corrected chi connectivity index (χ4v) is 2.65. The first kappa shape index (κ1) is 20.3. The van der Waals surface area contributed by atoms with Crippen LogP contribution in [-0.4, -0.2) is 11.7 Å². The lowest BCUT2D eigenvalue weighted by Crippen LogP contribution is -2.17. The Morgan fingerprint density at radius 1 is 0.967 bits per heavy atom. The highest BCUT2D eigenvalue weighted by Gasteiger charge is 2.14. The molecule has 0 aromatic heterocycles. The van der Waals surface area contributed by atoms with Crippen molar-refractivity contribution < 1.29 is 14.0 Å². The van der Waals surface area contributed by atoms with Gasteiger partial charge in [0.05, 0.1) is 35.0 Å². The van der Waals surface area contributed by atoms with Gasteiger partial charge in [0.15, 0.2) is 5.78 Å². The van der Waals surface area contributed by atoms with E-state index in [4.69, 9.17) is 11.0 Å². The van der Waals surface area contributed by atoms with Crippen molar-refractivity contribution in [3.05, 3.63) is 94.8 Å².